The van der Waals surface area contributed by atoms with Gasteiger partial charge >= 0.3 is 0 Å². The molecule has 4 aliphatic rings. The van der Waals surface area contributed by atoms with E-state index in [0.29, 0.717) is 0 Å². The van der Waals surface area contributed by atoms with Crippen LogP contribution >= 0.6 is 47.0 Å². The summed E-state index contributed by atoms with van der Waals surface area (Å²) >= 11 is 7.40. The average Bonchev–Trinajstić information content (AvgIpc) is 3.27. The monoisotopic (exact) mass is 1330 g/mol. The molecule has 12 rings (SSSR count). The number of hydrogen-bond acceptors (Lipinski definition) is 4. The first-order valence-electron chi connectivity index (χ1n) is 18.6. The van der Waals surface area contributed by atoms with Gasteiger partial charge in [0.05, 0.1) is 39.2 Å². The number of rotatable bonds is 0. The van der Waals surface area contributed by atoms with Gasteiger partial charge in [0.25, 0.3) is 0 Å². The van der Waals surface area contributed by atoms with Crippen LogP contribution in [-0.2, 0) is 0 Å². The Labute approximate surface area is 443 Å². The van der Waals surface area contributed by atoms with Gasteiger partial charge in [0.1, 0.15) is 45.5 Å². The van der Waals surface area contributed by atoms with Gasteiger partial charge in [-0.05, 0) is 48.5 Å². The van der Waals surface area contributed by atoms with Crippen molar-refractivity contribution in [2.24, 2.45) is 0 Å². The molecular formula is C48H42I4N4OS4. The number of fused-ring (bicyclic) bond motifs is 8. The van der Waals surface area contributed by atoms with Crippen LogP contribution in [0.25, 0.3) is 0 Å². The van der Waals surface area contributed by atoms with Crippen LogP contribution in [-0.4, -0.2) is 5.48 Å². The molecule has 0 atom stereocenters. The molecule has 0 saturated carbocycles. The third kappa shape index (κ3) is 13.0. The number of nitrogens with two attached hydrogens (primary N) is 4. The summed E-state index contributed by atoms with van der Waals surface area (Å²) in [5.74, 6) is 0. The van der Waals surface area contributed by atoms with E-state index in [1.54, 1.807) is 0 Å². The van der Waals surface area contributed by atoms with E-state index in [4.69, 9.17) is 0 Å². The van der Waals surface area contributed by atoms with Crippen molar-refractivity contribution in [3.05, 3.63) is 194 Å². The topological polar surface area (TPSA) is 97.9 Å². The molecule has 61 heavy (non-hydrogen) atoms. The zero-order valence-electron chi connectivity index (χ0n) is 32.4. The Kier molecular flexibility index (Phi) is 21.4. The normalized spacial score (nSPS) is 12.1. The second-order valence-electron chi connectivity index (χ2n) is 13.3. The number of para-hydroxylation sites is 8. The Morgan fingerprint density at radius 3 is 0.443 bits per heavy atom. The third-order valence-electron chi connectivity index (χ3n) is 9.48. The zero-order chi connectivity index (χ0) is 37.5. The van der Waals surface area contributed by atoms with Crippen LogP contribution in [0.1, 0.15) is 0 Å². The standard InChI is InChI=1S/4C12H9NS.4HI.H2O/c4*1-3-7-11-9(5-1)13-10-6-2-4-8-12(10)14-11;;;;;/h4*1-8,13H;4*1H;1H2. The van der Waals surface area contributed by atoms with Crippen molar-refractivity contribution >= 4 is 92.5 Å². The van der Waals surface area contributed by atoms with Gasteiger partial charge in [0.2, 0.25) is 0 Å². The Morgan fingerprint density at radius 1 is 0.197 bits per heavy atom. The second kappa shape index (κ2) is 25.4. The van der Waals surface area contributed by atoms with Crippen molar-refractivity contribution in [3.63, 3.8) is 0 Å². The summed E-state index contributed by atoms with van der Waals surface area (Å²) in [6, 6.07) is 68.1. The van der Waals surface area contributed by atoms with Crippen molar-refractivity contribution in [1.82, 2.24) is 0 Å². The lowest BCUT2D eigenvalue weighted by molar-refractivity contribution is -0.485. The molecule has 0 fully saturated rings. The predicted octanol–water partition coefficient (Wildman–Crippen LogP) is -2.10. The van der Waals surface area contributed by atoms with Gasteiger partial charge in [-0.25, -0.2) is 0 Å². The molecule has 4 heterocycles. The first kappa shape index (κ1) is 51.5. The molecule has 0 unspecified atom stereocenters. The van der Waals surface area contributed by atoms with Gasteiger partial charge in [-0.2, -0.15) is 0 Å². The lowest BCUT2D eigenvalue weighted by Crippen LogP contribution is -3.00. The summed E-state index contributed by atoms with van der Waals surface area (Å²) in [5.41, 5.74) is 10.6. The van der Waals surface area contributed by atoms with E-state index >= 15 is 0 Å². The van der Waals surface area contributed by atoms with Crippen LogP contribution in [0.2, 0.25) is 0 Å². The summed E-state index contributed by atoms with van der Waals surface area (Å²) in [4.78, 5) is 10.8. The fourth-order valence-corrected chi connectivity index (χ4v) is 10.8. The maximum Gasteiger partial charge on any atom is 0.148 e. The van der Waals surface area contributed by atoms with E-state index in [2.05, 4.69) is 215 Å². The maximum absolute atomic E-state index is 2.25. The van der Waals surface area contributed by atoms with Crippen LogP contribution in [0.3, 0.4) is 0 Å². The highest BCUT2D eigenvalue weighted by atomic mass is 127. The van der Waals surface area contributed by atoms with Gasteiger partial charge in [-0.1, -0.05) is 144 Å². The molecule has 5 nitrogen and oxygen atoms in total. The summed E-state index contributed by atoms with van der Waals surface area (Å²) in [6.07, 6.45) is 0. The third-order valence-corrected chi connectivity index (χ3v) is 14.2. The van der Waals surface area contributed by atoms with E-state index in [9.17, 15) is 0 Å². The summed E-state index contributed by atoms with van der Waals surface area (Å²) in [7, 11) is 0. The number of halogens is 4. The highest BCUT2D eigenvalue weighted by Crippen LogP contribution is 2.41. The van der Waals surface area contributed by atoms with Crippen molar-refractivity contribution in [3.8, 4) is 0 Å². The molecule has 4 aliphatic heterocycles. The molecule has 0 spiro atoms. The molecule has 10 N–H and O–H groups in total. The molecule has 0 aliphatic carbocycles. The predicted molar refractivity (Wildman–Crippen MR) is 237 cm³/mol. The molecule has 0 saturated heterocycles. The lowest BCUT2D eigenvalue weighted by Gasteiger charge is -2.14. The maximum atomic E-state index is 2.25. The molecule has 312 valence electrons. The van der Waals surface area contributed by atoms with Gasteiger partial charge in [-0.3, -0.25) is 21.3 Å². The van der Waals surface area contributed by atoms with Gasteiger partial charge in [-0.15, -0.1) is 0 Å². The van der Waals surface area contributed by atoms with Crippen LogP contribution in [0.4, 0.5) is 45.5 Å². The van der Waals surface area contributed by atoms with Crippen molar-refractivity contribution in [1.29, 1.82) is 0 Å². The zero-order valence-corrected chi connectivity index (χ0v) is 44.3. The second-order valence-corrected chi connectivity index (χ2v) is 17.6. The van der Waals surface area contributed by atoms with Gasteiger partial charge < -0.3 is 101 Å². The van der Waals surface area contributed by atoms with E-state index in [1.165, 1.54) is 84.7 Å². The molecule has 0 bridgehead atoms. The Bertz CT molecular complexity index is 1960. The summed E-state index contributed by atoms with van der Waals surface area (Å²) in [5, 5.41) is 9.00. The molecule has 8 aromatic carbocycles. The number of quaternary nitrogens is 4. The number of hydrogen-bond donors (Lipinski definition) is 4. The van der Waals surface area contributed by atoms with Gasteiger partial charge in [0.15, 0.2) is 0 Å². The minimum absolute atomic E-state index is 0. The van der Waals surface area contributed by atoms with E-state index in [-0.39, 0.29) is 101 Å². The Morgan fingerprint density at radius 2 is 0.311 bits per heavy atom. The van der Waals surface area contributed by atoms with Crippen LogP contribution in [0.15, 0.2) is 233 Å². The Balaban J connectivity index is 0.000000174. The highest BCUT2D eigenvalue weighted by molar-refractivity contribution is 8.00. The molecule has 0 amide bonds. The average molecular weight is 1330 g/mol. The smallest absolute Gasteiger partial charge is 0.148 e. The quantitative estimate of drug-likeness (QED) is 0.104. The van der Waals surface area contributed by atoms with Crippen LogP contribution in [0, 0.1) is 0 Å². The fourth-order valence-electron chi connectivity index (χ4n) is 6.69. The first-order valence-corrected chi connectivity index (χ1v) is 21.8. The van der Waals surface area contributed by atoms with E-state index in [0.717, 1.165) is 0 Å². The van der Waals surface area contributed by atoms with Crippen molar-refractivity contribution in [2.75, 3.05) is 0 Å². The minimum Gasteiger partial charge on any atom is -1.00 e. The molecule has 0 radical (unpaired) electrons. The lowest BCUT2D eigenvalue weighted by atomic mass is 10.2. The summed E-state index contributed by atoms with van der Waals surface area (Å²) < 4.78 is 0. The fraction of sp³-hybridized carbons (Fsp3) is 0. The van der Waals surface area contributed by atoms with Crippen molar-refractivity contribution in [2.45, 2.75) is 39.2 Å². The first-order chi connectivity index (χ1) is 27.7. The van der Waals surface area contributed by atoms with Crippen LogP contribution in [0.5, 0.6) is 0 Å². The van der Waals surface area contributed by atoms with E-state index < -0.39 is 0 Å². The Hall–Kier alpha value is -2.12. The van der Waals surface area contributed by atoms with E-state index in [1.807, 2.05) is 47.0 Å². The van der Waals surface area contributed by atoms with Crippen LogP contribution < -0.4 is 117 Å². The SMILES string of the molecule is O.[I-].[I-].[I-].[I-].c1ccc2c(c1)[NH2+]c1ccccc1S2.c1ccc2c(c1)[NH2+]c1ccccc1S2.c1ccc2c(c1)[NH2+]c1ccccc1S2.c1ccc2c(c1)[NH2+]c1ccccc1S2. The van der Waals surface area contributed by atoms with Gasteiger partial charge in [0, 0.05) is 48.5 Å². The molecular weight excluding hydrogens is 1280 g/mol. The number of benzene rings is 8. The molecule has 8 aromatic rings. The molecule has 0 aromatic heterocycles. The highest BCUT2D eigenvalue weighted by Gasteiger charge is 2.21. The minimum atomic E-state index is 0. The summed E-state index contributed by atoms with van der Waals surface area (Å²) in [6.45, 7) is 0. The molecule has 13 heteroatoms. The van der Waals surface area contributed by atoms with Crippen molar-refractivity contribution < 1.29 is 123 Å². The largest absolute Gasteiger partial charge is 1.00 e.